The van der Waals surface area contributed by atoms with E-state index in [0.717, 1.165) is 24.8 Å². The number of hydrogen-bond donors (Lipinski definition) is 2. The first kappa shape index (κ1) is 13.2. The first-order valence-electron chi connectivity index (χ1n) is 6.35. The number of hydrogen-bond acceptors (Lipinski definition) is 4. The molecule has 1 fully saturated rings. The van der Waals surface area contributed by atoms with E-state index in [2.05, 4.69) is 5.32 Å². The predicted molar refractivity (Wildman–Crippen MR) is 69.9 cm³/mol. The number of ether oxygens (including phenoxy) is 2. The molecule has 1 aromatic rings. The molecule has 4 nitrogen and oxygen atoms in total. The van der Waals surface area contributed by atoms with Crippen molar-refractivity contribution in [2.24, 2.45) is 0 Å². The lowest BCUT2D eigenvalue weighted by molar-refractivity contribution is 0.107. The topological polar surface area (TPSA) is 50.7 Å². The molecule has 0 radical (unpaired) electrons. The molecule has 2 rings (SSSR count). The van der Waals surface area contributed by atoms with Gasteiger partial charge in [-0.05, 0) is 25.3 Å². The summed E-state index contributed by atoms with van der Waals surface area (Å²) in [6.45, 7) is 0.678. The van der Waals surface area contributed by atoms with Gasteiger partial charge in [0.25, 0.3) is 0 Å². The average molecular weight is 251 g/mol. The summed E-state index contributed by atoms with van der Waals surface area (Å²) in [4.78, 5) is 0. The first-order chi connectivity index (χ1) is 8.72. The van der Waals surface area contributed by atoms with Crippen LogP contribution in [0.1, 0.15) is 24.8 Å². The smallest absolute Gasteiger partial charge is 0.123 e. The van der Waals surface area contributed by atoms with Gasteiger partial charge in [-0.1, -0.05) is 6.07 Å². The third kappa shape index (κ3) is 3.15. The largest absolute Gasteiger partial charge is 0.507 e. The Balaban J connectivity index is 1.87. The van der Waals surface area contributed by atoms with E-state index in [1.807, 2.05) is 12.1 Å². The molecule has 0 amide bonds. The third-order valence-corrected chi connectivity index (χ3v) is 3.59. The minimum absolute atomic E-state index is 0.281. The van der Waals surface area contributed by atoms with Gasteiger partial charge in [-0.15, -0.1) is 0 Å². The van der Waals surface area contributed by atoms with Crippen molar-refractivity contribution < 1.29 is 14.6 Å². The molecule has 1 aromatic carbocycles. The molecular weight excluding hydrogens is 230 g/mol. The first-order valence-corrected chi connectivity index (χ1v) is 6.35. The summed E-state index contributed by atoms with van der Waals surface area (Å²) in [6, 6.07) is 5.88. The van der Waals surface area contributed by atoms with Gasteiger partial charge in [0, 0.05) is 31.3 Å². The fraction of sp³-hybridized carbons (Fsp3) is 0.571. The molecule has 0 saturated heterocycles. The zero-order valence-corrected chi connectivity index (χ0v) is 11.0. The second-order valence-electron chi connectivity index (χ2n) is 4.74. The van der Waals surface area contributed by atoms with E-state index in [1.165, 1.54) is 0 Å². The number of aromatic hydroxyl groups is 1. The molecule has 18 heavy (non-hydrogen) atoms. The van der Waals surface area contributed by atoms with Gasteiger partial charge < -0.3 is 19.9 Å². The molecule has 1 aliphatic rings. The van der Waals surface area contributed by atoms with Crippen LogP contribution in [0.2, 0.25) is 0 Å². The molecule has 2 unspecified atom stereocenters. The quantitative estimate of drug-likeness (QED) is 0.841. The second-order valence-corrected chi connectivity index (χ2v) is 4.74. The van der Waals surface area contributed by atoms with Gasteiger partial charge in [0.15, 0.2) is 0 Å². The molecule has 0 heterocycles. The van der Waals surface area contributed by atoms with Crippen LogP contribution in [-0.2, 0) is 11.3 Å². The number of phenolic OH excluding ortho intramolecular Hbond substituents is 1. The van der Waals surface area contributed by atoms with E-state index in [4.69, 9.17) is 9.47 Å². The lowest BCUT2D eigenvalue weighted by atomic mass is 10.1. The van der Waals surface area contributed by atoms with E-state index in [9.17, 15) is 5.11 Å². The Bertz CT molecular complexity index is 395. The average Bonchev–Trinajstić information content (AvgIpc) is 2.85. The molecule has 0 aliphatic heterocycles. The summed E-state index contributed by atoms with van der Waals surface area (Å²) in [5.74, 6) is 0.958. The van der Waals surface area contributed by atoms with Gasteiger partial charge >= 0.3 is 0 Å². The molecule has 2 N–H and O–H groups in total. The Hall–Kier alpha value is -1.26. The summed E-state index contributed by atoms with van der Waals surface area (Å²) in [5.41, 5.74) is 0.900. The molecule has 2 atom stereocenters. The molecule has 1 saturated carbocycles. The Kier molecular flexibility index (Phi) is 4.44. The van der Waals surface area contributed by atoms with Crippen molar-refractivity contribution in [1.29, 1.82) is 0 Å². The van der Waals surface area contributed by atoms with E-state index in [0.29, 0.717) is 24.4 Å². The number of nitrogens with one attached hydrogen (secondary N) is 1. The highest BCUT2D eigenvalue weighted by atomic mass is 16.5. The maximum absolute atomic E-state index is 9.85. The number of rotatable bonds is 5. The molecule has 0 aromatic heterocycles. The normalized spacial score (nSPS) is 23.2. The van der Waals surface area contributed by atoms with E-state index < -0.39 is 0 Å². The van der Waals surface area contributed by atoms with Crippen LogP contribution in [0.3, 0.4) is 0 Å². The van der Waals surface area contributed by atoms with Crippen molar-refractivity contribution in [3.63, 3.8) is 0 Å². The molecule has 4 heteroatoms. The SMILES string of the molecule is COc1ccc(CNC2CCC(OC)C2)c(O)c1. The lowest BCUT2D eigenvalue weighted by Crippen LogP contribution is -2.26. The van der Waals surface area contributed by atoms with Gasteiger partial charge in [0.2, 0.25) is 0 Å². The highest BCUT2D eigenvalue weighted by Gasteiger charge is 2.23. The van der Waals surface area contributed by atoms with Crippen LogP contribution in [-0.4, -0.2) is 31.5 Å². The van der Waals surface area contributed by atoms with E-state index >= 15 is 0 Å². The number of benzene rings is 1. The predicted octanol–water partition coefficient (Wildman–Crippen LogP) is 2.06. The highest BCUT2D eigenvalue weighted by molar-refractivity contribution is 5.39. The molecule has 0 spiro atoms. The van der Waals surface area contributed by atoms with Gasteiger partial charge in [0.05, 0.1) is 13.2 Å². The van der Waals surface area contributed by atoms with Crippen LogP contribution in [0.15, 0.2) is 18.2 Å². The van der Waals surface area contributed by atoms with Crippen LogP contribution in [0.4, 0.5) is 0 Å². The maximum atomic E-state index is 9.85. The summed E-state index contributed by atoms with van der Waals surface area (Å²) in [5, 5.41) is 13.3. The Morgan fingerprint density at radius 1 is 1.33 bits per heavy atom. The molecular formula is C14H21NO3. The van der Waals surface area contributed by atoms with Gasteiger partial charge in [-0.3, -0.25) is 0 Å². The number of phenols is 1. The standard InChI is InChI=1S/C14H21NO3/c1-17-12-6-4-11(7-12)15-9-10-3-5-13(18-2)8-14(10)16/h3,5,8,11-12,15-16H,4,6-7,9H2,1-2H3. The zero-order valence-electron chi connectivity index (χ0n) is 11.0. The molecule has 100 valence electrons. The van der Waals surface area contributed by atoms with Crippen LogP contribution < -0.4 is 10.1 Å². The van der Waals surface area contributed by atoms with Crippen LogP contribution in [0.25, 0.3) is 0 Å². The van der Waals surface area contributed by atoms with E-state index in [1.54, 1.807) is 20.3 Å². The molecule has 0 bridgehead atoms. The summed E-state index contributed by atoms with van der Waals surface area (Å²) in [7, 11) is 3.36. The highest BCUT2D eigenvalue weighted by Crippen LogP contribution is 2.25. The van der Waals surface area contributed by atoms with Crippen LogP contribution >= 0.6 is 0 Å². The van der Waals surface area contributed by atoms with Crippen LogP contribution in [0, 0.1) is 0 Å². The van der Waals surface area contributed by atoms with Crippen molar-refractivity contribution in [2.75, 3.05) is 14.2 Å². The molecule has 1 aliphatic carbocycles. The summed E-state index contributed by atoms with van der Waals surface area (Å²) >= 11 is 0. The van der Waals surface area contributed by atoms with Gasteiger partial charge in [-0.2, -0.15) is 0 Å². The third-order valence-electron chi connectivity index (χ3n) is 3.59. The fourth-order valence-electron chi connectivity index (χ4n) is 2.41. The van der Waals surface area contributed by atoms with Gasteiger partial charge in [-0.25, -0.2) is 0 Å². The van der Waals surface area contributed by atoms with Crippen LogP contribution in [0.5, 0.6) is 11.5 Å². The minimum Gasteiger partial charge on any atom is -0.507 e. The summed E-state index contributed by atoms with van der Waals surface area (Å²) < 4.78 is 10.4. The lowest BCUT2D eigenvalue weighted by Gasteiger charge is -2.14. The van der Waals surface area contributed by atoms with Gasteiger partial charge in [0.1, 0.15) is 11.5 Å². The number of methoxy groups -OCH3 is 2. The van der Waals surface area contributed by atoms with E-state index in [-0.39, 0.29) is 5.75 Å². The van der Waals surface area contributed by atoms with Crippen molar-refractivity contribution in [3.05, 3.63) is 23.8 Å². The van der Waals surface area contributed by atoms with Crippen molar-refractivity contribution in [2.45, 2.75) is 38.0 Å². The maximum Gasteiger partial charge on any atom is 0.123 e. The second kappa shape index (κ2) is 6.07. The Labute approximate surface area is 108 Å². The zero-order chi connectivity index (χ0) is 13.0. The monoisotopic (exact) mass is 251 g/mol. The van der Waals surface area contributed by atoms with Crippen molar-refractivity contribution in [1.82, 2.24) is 5.32 Å². The Morgan fingerprint density at radius 3 is 2.78 bits per heavy atom. The Morgan fingerprint density at radius 2 is 2.17 bits per heavy atom. The van der Waals surface area contributed by atoms with Crippen molar-refractivity contribution >= 4 is 0 Å². The summed E-state index contributed by atoms with van der Waals surface area (Å²) in [6.07, 6.45) is 3.68. The fourth-order valence-corrected chi connectivity index (χ4v) is 2.41. The van der Waals surface area contributed by atoms with Crippen molar-refractivity contribution in [3.8, 4) is 11.5 Å². The minimum atomic E-state index is 0.281.